The lowest BCUT2D eigenvalue weighted by Crippen LogP contribution is -2.28. The smallest absolute Gasteiger partial charge is 0.387 e. The van der Waals surface area contributed by atoms with Crippen LogP contribution in [0.5, 0.6) is 5.75 Å². The van der Waals surface area contributed by atoms with Crippen LogP contribution in [0.15, 0.2) is 58.5 Å². The van der Waals surface area contributed by atoms with Crippen molar-refractivity contribution >= 4 is 22.1 Å². The summed E-state index contributed by atoms with van der Waals surface area (Å²) in [5.74, 6) is -0.561. The lowest BCUT2D eigenvalue weighted by atomic mass is 10.2. The summed E-state index contributed by atoms with van der Waals surface area (Å²) in [4.78, 5) is 12.3. The fraction of sp³-hybridized carbons (Fsp3) is 0.263. The molecule has 10 heteroatoms. The second-order valence-corrected chi connectivity index (χ2v) is 8.22. The van der Waals surface area contributed by atoms with Crippen LogP contribution in [0.3, 0.4) is 0 Å². The molecule has 3 rings (SSSR count). The van der Waals surface area contributed by atoms with Crippen LogP contribution < -0.4 is 10.2 Å². The zero-order valence-corrected chi connectivity index (χ0v) is 16.1. The van der Waals surface area contributed by atoms with E-state index in [0.29, 0.717) is 18.7 Å². The molecule has 0 saturated carbocycles. The van der Waals surface area contributed by atoms with E-state index in [2.05, 4.69) is 15.3 Å². The number of ether oxygens (including phenoxy) is 1. The number of hydrogen-bond acceptors (Lipinski definition) is 5. The third kappa shape index (κ3) is 5.36. The summed E-state index contributed by atoms with van der Waals surface area (Å²) in [7, 11) is -3.62. The SMILES string of the molecule is O=C(NN=Cc1ccc(OC(F)F)cc1)c1cccc(S(=O)(=O)N2CCCC2)c1. The van der Waals surface area contributed by atoms with E-state index in [1.807, 2.05) is 0 Å². The second kappa shape index (κ2) is 9.10. The Morgan fingerprint density at radius 1 is 1.14 bits per heavy atom. The first kappa shape index (κ1) is 20.9. The molecule has 0 atom stereocenters. The fourth-order valence-corrected chi connectivity index (χ4v) is 4.40. The predicted molar refractivity (Wildman–Crippen MR) is 103 cm³/mol. The van der Waals surface area contributed by atoms with Gasteiger partial charge in [-0.15, -0.1) is 0 Å². The van der Waals surface area contributed by atoms with Gasteiger partial charge in [0.1, 0.15) is 5.75 Å². The minimum absolute atomic E-state index is 0.0113. The van der Waals surface area contributed by atoms with Crippen LogP contribution in [0.2, 0.25) is 0 Å². The summed E-state index contributed by atoms with van der Waals surface area (Å²) in [5, 5.41) is 3.80. The monoisotopic (exact) mass is 423 g/mol. The molecule has 1 saturated heterocycles. The van der Waals surface area contributed by atoms with Crippen molar-refractivity contribution in [3.8, 4) is 5.75 Å². The first-order valence-electron chi connectivity index (χ1n) is 8.85. The molecule has 2 aromatic rings. The minimum Gasteiger partial charge on any atom is -0.435 e. The van der Waals surface area contributed by atoms with Gasteiger partial charge in [0.15, 0.2) is 0 Å². The number of alkyl halides is 2. The van der Waals surface area contributed by atoms with Gasteiger partial charge in [-0.1, -0.05) is 6.07 Å². The number of hydrogen-bond donors (Lipinski definition) is 1. The molecular formula is C19H19F2N3O4S. The first-order chi connectivity index (χ1) is 13.9. The minimum atomic E-state index is -3.62. The van der Waals surface area contributed by atoms with E-state index in [0.717, 1.165) is 12.8 Å². The number of hydrazone groups is 1. The molecule has 1 aliphatic heterocycles. The standard InChI is InChI=1S/C19H19F2N3O4S/c20-19(21)28-16-8-6-14(7-9-16)13-22-23-18(25)15-4-3-5-17(12-15)29(26,27)24-10-1-2-11-24/h3-9,12-13,19H,1-2,10-11H2,(H,23,25). The topological polar surface area (TPSA) is 88.1 Å². The van der Waals surface area contributed by atoms with Crippen molar-refractivity contribution < 1.29 is 26.7 Å². The summed E-state index contributed by atoms with van der Waals surface area (Å²) in [6, 6.07) is 11.5. The van der Waals surface area contributed by atoms with E-state index in [-0.39, 0.29) is 16.2 Å². The molecule has 0 aliphatic carbocycles. The third-order valence-electron chi connectivity index (χ3n) is 4.28. The Hall–Kier alpha value is -2.85. The largest absolute Gasteiger partial charge is 0.435 e. The van der Waals surface area contributed by atoms with Gasteiger partial charge in [-0.3, -0.25) is 4.79 Å². The maximum Gasteiger partial charge on any atom is 0.387 e. The molecule has 0 unspecified atom stereocenters. The molecule has 1 heterocycles. The van der Waals surface area contributed by atoms with Gasteiger partial charge >= 0.3 is 6.61 Å². The summed E-state index contributed by atoms with van der Waals surface area (Å²) in [6.45, 7) is -1.95. The highest BCUT2D eigenvalue weighted by atomic mass is 32.2. The van der Waals surface area contributed by atoms with Crippen LogP contribution in [-0.2, 0) is 10.0 Å². The van der Waals surface area contributed by atoms with E-state index in [1.54, 1.807) is 0 Å². The Kier molecular flexibility index (Phi) is 6.55. The number of carbonyl (C=O) groups is 1. The van der Waals surface area contributed by atoms with Gasteiger partial charge in [-0.2, -0.15) is 18.2 Å². The number of nitrogens with one attached hydrogen (secondary N) is 1. The van der Waals surface area contributed by atoms with Crippen LogP contribution in [0, 0.1) is 0 Å². The second-order valence-electron chi connectivity index (χ2n) is 6.29. The molecule has 0 radical (unpaired) electrons. The molecule has 7 nitrogen and oxygen atoms in total. The zero-order chi connectivity index (χ0) is 20.9. The number of carbonyl (C=O) groups excluding carboxylic acids is 1. The molecule has 0 bridgehead atoms. The van der Waals surface area contributed by atoms with Gasteiger partial charge in [0.05, 0.1) is 11.1 Å². The van der Waals surface area contributed by atoms with Gasteiger partial charge in [0.2, 0.25) is 10.0 Å². The Labute approximate surface area is 167 Å². The summed E-state index contributed by atoms with van der Waals surface area (Å²) >= 11 is 0. The molecule has 0 aromatic heterocycles. The van der Waals surface area contributed by atoms with Gasteiger partial charge < -0.3 is 4.74 Å². The Balaban J connectivity index is 1.64. The van der Waals surface area contributed by atoms with Crippen molar-refractivity contribution in [3.63, 3.8) is 0 Å². The lowest BCUT2D eigenvalue weighted by Gasteiger charge is -2.15. The highest BCUT2D eigenvalue weighted by Gasteiger charge is 2.27. The molecule has 1 N–H and O–H groups in total. The van der Waals surface area contributed by atoms with Gasteiger partial charge in [-0.25, -0.2) is 13.8 Å². The molecule has 2 aromatic carbocycles. The van der Waals surface area contributed by atoms with E-state index >= 15 is 0 Å². The molecule has 1 fully saturated rings. The number of amides is 1. The summed E-state index contributed by atoms with van der Waals surface area (Å²) in [6.07, 6.45) is 2.97. The summed E-state index contributed by atoms with van der Waals surface area (Å²) in [5.41, 5.74) is 3.02. The number of halogens is 2. The number of rotatable bonds is 7. The van der Waals surface area contributed by atoms with Crippen molar-refractivity contribution in [2.45, 2.75) is 24.3 Å². The van der Waals surface area contributed by atoms with Crippen molar-refractivity contribution in [2.75, 3.05) is 13.1 Å². The van der Waals surface area contributed by atoms with Crippen molar-refractivity contribution in [3.05, 3.63) is 59.7 Å². The quantitative estimate of drug-likeness (QED) is 0.548. The molecule has 1 aliphatic rings. The van der Waals surface area contributed by atoms with Crippen molar-refractivity contribution in [2.24, 2.45) is 5.10 Å². The maximum absolute atomic E-state index is 12.6. The molecule has 154 valence electrons. The van der Waals surface area contributed by atoms with Crippen molar-refractivity contribution in [1.82, 2.24) is 9.73 Å². The molecular weight excluding hydrogens is 404 g/mol. The average molecular weight is 423 g/mol. The van der Waals surface area contributed by atoms with E-state index in [9.17, 15) is 22.0 Å². The normalized spacial score (nSPS) is 15.1. The average Bonchev–Trinajstić information content (AvgIpc) is 3.25. The number of benzene rings is 2. The lowest BCUT2D eigenvalue weighted by molar-refractivity contribution is -0.0498. The molecule has 0 spiro atoms. The molecule has 1 amide bonds. The van der Waals surface area contributed by atoms with Crippen molar-refractivity contribution in [1.29, 1.82) is 0 Å². The fourth-order valence-electron chi connectivity index (χ4n) is 2.84. The van der Waals surface area contributed by atoms with Crippen LogP contribution >= 0.6 is 0 Å². The van der Waals surface area contributed by atoms with E-state index in [4.69, 9.17) is 0 Å². The van der Waals surface area contributed by atoms with Crippen LogP contribution in [-0.4, -0.2) is 44.5 Å². The first-order valence-corrected chi connectivity index (χ1v) is 10.3. The van der Waals surface area contributed by atoms with E-state index in [1.165, 1.54) is 59.1 Å². The highest BCUT2D eigenvalue weighted by Crippen LogP contribution is 2.21. The zero-order valence-electron chi connectivity index (χ0n) is 15.3. The Morgan fingerprint density at radius 3 is 2.48 bits per heavy atom. The summed E-state index contributed by atoms with van der Waals surface area (Å²) < 4.78 is 55.1. The maximum atomic E-state index is 12.6. The van der Waals surface area contributed by atoms with Crippen LogP contribution in [0.4, 0.5) is 8.78 Å². The van der Waals surface area contributed by atoms with E-state index < -0.39 is 22.5 Å². The number of sulfonamides is 1. The van der Waals surface area contributed by atoms with Crippen LogP contribution in [0.25, 0.3) is 0 Å². The van der Waals surface area contributed by atoms with Crippen LogP contribution in [0.1, 0.15) is 28.8 Å². The molecule has 29 heavy (non-hydrogen) atoms. The predicted octanol–water partition coefficient (Wildman–Crippen LogP) is 2.84. The van der Waals surface area contributed by atoms with Gasteiger partial charge in [0.25, 0.3) is 5.91 Å². The third-order valence-corrected chi connectivity index (χ3v) is 6.18. The van der Waals surface area contributed by atoms with Gasteiger partial charge in [0, 0.05) is 18.7 Å². The van der Waals surface area contributed by atoms with Gasteiger partial charge in [-0.05, 0) is 60.9 Å². The number of nitrogens with zero attached hydrogens (tertiary/aromatic N) is 2. The Bertz CT molecular complexity index is 989. The highest BCUT2D eigenvalue weighted by molar-refractivity contribution is 7.89. The Morgan fingerprint density at radius 2 is 1.83 bits per heavy atom.